The van der Waals surface area contributed by atoms with E-state index in [9.17, 15) is 4.79 Å². The summed E-state index contributed by atoms with van der Waals surface area (Å²) in [6.07, 6.45) is 0. The first-order valence-corrected chi connectivity index (χ1v) is 3.43. The van der Waals surface area contributed by atoms with E-state index in [0.717, 1.165) is 0 Å². The van der Waals surface area contributed by atoms with Gasteiger partial charge in [-0.3, -0.25) is 4.79 Å². The molecule has 4 nitrogen and oxygen atoms in total. The minimum atomic E-state index is -0.281. The van der Waals surface area contributed by atoms with Gasteiger partial charge in [-0.15, -0.1) is 0 Å². The van der Waals surface area contributed by atoms with Crippen molar-refractivity contribution in [2.45, 2.75) is 0 Å². The molecule has 1 aromatic heterocycles. The summed E-state index contributed by atoms with van der Waals surface area (Å²) in [4.78, 5) is 11.3. The SMILES string of the molecule is Nc1noc2ccccc2c1=O. The Hall–Kier alpha value is -1.84. The number of benzene rings is 1. The predicted octanol–water partition coefficient (Wildman–Crippen LogP) is 0.770. The molecule has 0 bridgehead atoms. The second kappa shape index (κ2) is 2.34. The molecule has 1 aromatic carbocycles. The van der Waals surface area contributed by atoms with Gasteiger partial charge in [0.25, 0.3) is 0 Å². The lowest BCUT2D eigenvalue weighted by Crippen LogP contribution is -2.09. The molecule has 0 atom stereocenters. The van der Waals surface area contributed by atoms with Gasteiger partial charge >= 0.3 is 0 Å². The summed E-state index contributed by atoms with van der Waals surface area (Å²) in [7, 11) is 0. The lowest BCUT2D eigenvalue weighted by atomic mass is 10.2. The fourth-order valence-corrected chi connectivity index (χ4v) is 1.01. The molecule has 0 fully saturated rings. The molecule has 0 aliphatic carbocycles. The number of rotatable bonds is 0. The highest BCUT2D eigenvalue weighted by atomic mass is 16.5. The van der Waals surface area contributed by atoms with Crippen molar-refractivity contribution in [3.05, 3.63) is 34.5 Å². The number of anilines is 1. The molecule has 0 saturated heterocycles. The third kappa shape index (κ3) is 0.852. The first kappa shape index (κ1) is 6.84. The van der Waals surface area contributed by atoms with Crippen molar-refractivity contribution in [3.8, 4) is 0 Å². The van der Waals surface area contributed by atoms with Gasteiger partial charge in [0.2, 0.25) is 11.2 Å². The number of para-hydroxylation sites is 1. The van der Waals surface area contributed by atoms with Gasteiger partial charge in [-0.25, -0.2) is 0 Å². The van der Waals surface area contributed by atoms with Crippen LogP contribution in [-0.4, -0.2) is 5.16 Å². The zero-order valence-electron chi connectivity index (χ0n) is 6.15. The fourth-order valence-electron chi connectivity index (χ4n) is 1.01. The molecule has 2 aromatic rings. The number of fused-ring (bicyclic) bond motifs is 1. The van der Waals surface area contributed by atoms with Crippen LogP contribution in [0.25, 0.3) is 11.0 Å². The maximum absolute atomic E-state index is 11.3. The van der Waals surface area contributed by atoms with Gasteiger partial charge in [0.05, 0.1) is 5.39 Å². The van der Waals surface area contributed by atoms with Crippen LogP contribution in [0.3, 0.4) is 0 Å². The molecule has 0 unspecified atom stereocenters. The predicted molar refractivity (Wildman–Crippen MR) is 44.7 cm³/mol. The highest BCUT2D eigenvalue weighted by molar-refractivity contribution is 5.77. The summed E-state index contributed by atoms with van der Waals surface area (Å²) in [6.45, 7) is 0. The third-order valence-corrected chi connectivity index (χ3v) is 1.61. The van der Waals surface area contributed by atoms with E-state index in [1.807, 2.05) is 0 Å². The van der Waals surface area contributed by atoms with Gasteiger partial charge in [0, 0.05) is 0 Å². The average Bonchev–Trinajstić information content (AvgIpc) is 2.12. The Kier molecular flexibility index (Phi) is 1.33. The normalized spacial score (nSPS) is 10.3. The monoisotopic (exact) mass is 162 g/mol. The molecule has 0 aliphatic heterocycles. The van der Waals surface area contributed by atoms with E-state index in [1.165, 1.54) is 0 Å². The van der Waals surface area contributed by atoms with Crippen molar-refractivity contribution in [1.29, 1.82) is 0 Å². The summed E-state index contributed by atoms with van der Waals surface area (Å²) < 4.78 is 4.85. The molecule has 1 heterocycles. The number of nitrogen functional groups attached to an aromatic ring is 1. The molecule has 0 saturated carbocycles. The van der Waals surface area contributed by atoms with Crippen LogP contribution in [0.1, 0.15) is 0 Å². The Labute approximate surface area is 67.6 Å². The van der Waals surface area contributed by atoms with E-state index in [2.05, 4.69) is 5.16 Å². The van der Waals surface area contributed by atoms with Crippen molar-refractivity contribution < 1.29 is 4.52 Å². The van der Waals surface area contributed by atoms with E-state index < -0.39 is 0 Å². The molecule has 2 N–H and O–H groups in total. The van der Waals surface area contributed by atoms with Crippen molar-refractivity contribution in [2.75, 3.05) is 5.73 Å². The zero-order valence-corrected chi connectivity index (χ0v) is 6.15. The Bertz CT molecular complexity index is 476. The third-order valence-electron chi connectivity index (χ3n) is 1.61. The zero-order chi connectivity index (χ0) is 8.55. The highest BCUT2D eigenvalue weighted by Crippen LogP contribution is 2.07. The molecular formula is C8H6N2O2. The van der Waals surface area contributed by atoms with E-state index >= 15 is 0 Å². The summed E-state index contributed by atoms with van der Waals surface area (Å²) >= 11 is 0. The van der Waals surface area contributed by atoms with Gasteiger partial charge < -0.3 is 10.3 Å². The lowest BCUT2D eigenvalue weighted by molar-refractivity contribution is 0.446. The van der Waals surface area contributed by atoms with Crippen LogP contribution < -0.4 is 11.2 Å². The van der Waals surface area contributed by atoms with Crippen LogP contribution in [0.15, 0.2) is 33.6 Å². The average molecular weight is 162 g/mol. The molecule has 60 valence electrons. The fraction of sp³-hybridized carbons (Fsp3) is 0. The second-order valence-corrected chi connectivity index (χ2v) is 2.39. The largest absolute Gasteiger partial charge is 0.378 e. The van der Waals surface area contributed by atoms with Crippen molar-refractivity contribution >= 4 is 16.8 Å². The smallest absolute Gasteiger partial charge is 0.234 e. The van der Waals surface area contributed by atoms with Crippen LogP contribution in [0.2, 0.25) is 0 Å². The van der Waals surface area contributed by atoms with E-state index in [1.54, 1.807) is 24.3 Å². The summed E-state index contributed by atoms with van der Waals surface area (Å²) in [5.74, 6) is -0.103. The van der Waals surface area contributed by atoms with Gasteiger partial charge in [-0.1, -0.05) is 17.3 Å². The van der Waals surface area contributed by atoms with Crippen molar-refractivity contribution in [2.24, 2.45) is 0 Å². The number of nitrogens with zero attached hydrogens (tertiary/aromatic N) is 1. The van der Waals surface area contributed by atoms with Crippen LogP contribution >= 0.6 is 0 Å². The summed E-state index contributed by atoms with van der Waals surface area (Å²) in [5.41, 5.74) is 5.44. The topological polar surface area (TPSA) is 69.1 Å². The summed E-state index contributed by atoms with van der Waals surface area (Å²) in [5, 5.41) is 3.86. The maximum atomic E-state index is 11.3. The molecule has 0 aliphatic rings. The van der Waals surface area contributed by atoms with Crippen LogP contribution in [0.5, 0.6) is 0 Å². The number of hydrogen-bond donors (Lipinski definition) is 1. The highest BCUT2D eigenvalue weighted by Gasteiger charge is 2.03. The molecule has 4 heteroatoms. The lowest BCUT2D eigenvalue weighted by Gasteiger charge is -1.93. The minimum Gasteiger partial charge on any atom is -0.378 e. The number of hydrogen-bond acceptors (Lipinski definition) is 4. The Balaban J connectivity index is 3.01. The van der Waals surface area contributed by atoms with Gasteiger partial charge in [0.15, 0.2) is 5.58 Å². The van der Waals surface area contributed by atoms with Gasteiger partial charge in [0.1, 0.15) is 0 Å². The van der Waals surface area contributed by atoms with E-state index in [-0.39, 0.29) is 11.2 Å². The maximum Gasteiger partial charge on any atom is 0.234 e. The van der Waals surface area contributed by atoms with Crippen molar-refractivity contribution in [3.63, 3.8) is 0 Å². The first-order chi connectivity index (χ1) is 5.79. The van der Waals surface area contributed by atoms with Crippen LogP contribution in [0, 0.1) is 0 Å². The molecule has 12 heavy (non-hydrogen) atoms. The van der Waals surface area contributed by atoms with Gasteiger partial charge in [-0.2, -0.15) is 0 Å². The van der Waals surface area contributed by atoms with Crippen molar-refractivity contribution in [1.82, 2.24) is 5.16 Å². The Morgan fingerprint density at radius 3 is 2.92 bits per heavy atom. The second-order valence-electron chi connectivity index (χ2n) is 2.39. The van der Waals surface area contributed by atoms with Crippen LogP contribution in [-0.2, 0) is 0 Å². The number of aromatic nitrogens is 1. The number of nitrogens with two attached hydrogens (primary N) is 1. The van der Waals surface area contributed by atoms with E-state index in [0.29, 0.717) is 11.0 Å². The molecule has 0 radical (unpaired) electrons. The molecule has 0 amide bonds. The Morgan fingerprint density at radius 1 is 1.33 bits per heavy atom. The van der Waals surface area contributed by atoms with Crippen LogP contribution in [0.4, 0.5) is 5.82 Å². The molecular weight excluding hydrogens is 156 g/mol. The molecule has 0 spiro atoms. The summed E-state index contributed by atoms with van der Waals surface area (Å²) in [6, 6.07) is 6.84. The Morgan fingerprint density at radius 2 is 2.08 bits per heavy atom. The first-order valence-electron chi connectivity index (χ1n) is 3.43. The quantitative estimate of drug-likeness (QED) is 0.621. The van der Waals surface area contributed by atoms with E-state index in [4.69, 9.17) is 10.3 Å². The molecule has 2 rings (SSSR count). The minimum absolute atomic E-state index is 0.103. The standard InChI is InChI=1S/C8H6N2O2/c9-8-7(11)5-3-1-2-4-6(5)12-10-8/h1-4H,(H2,9,10). The van der Waals surface area contributed by atoms with Gasteiger partial charge in [-0.05, 0) is 12.1 Å².